The summed E-state index contributed by atoms with van der Waals surface area (Å²) in [5, 5.41) is 0. The lowest BCUT2D eigenvalue weighted by atomic mass is 9.58. The highest BCUT2D eigenvalue weighted by Crippen LogP contribution is 2.60. The van der Waals surface area contributed by atoms with Crippen molar-refractivity contribution in [1.82, 2.24) is 0 Å². The van der Waals surface area contributed by atoms with Gasteiger partial charge in [-0.3, -0.25) is 4.79 Å². The molecule has 3 unspecified atom stereocenters. The van der Waals surface area contributed by atoms with Crippen molar-refractivity contribution < 1.29 is 28.8 Å². The van der Waals surface area contributed by atoms with Crippen molar-refractivity contribution in [3.63, 3.8) is 0 Å². The maximum atomic E-state index is 12.1. The van der Waals surface area contributed by atoms with E-state index in [4.69, 9.17) is 24.0 Å². The molecule has 5 rings (SSSR count). The van der Waals surface area contributed by atoms with Crippen LogP contribution in [0.4, 0.5) is 0 Å². The van der Waals surface area contributed by atoms with E-state index in [1.165, 1.54) is 0 Å². The normalized spacial score (nSPS) is 51.8. The van der Waals surface area contributed by atoms with Gasteiger partial charge in [0, 0.05) is 18.3 Å². The van der Waals surface area contributed by atoms with Gasteiger partial charge >= 0.3 is 5.97 Å². The molecule has 4 saturated heterocycles. The summed E-state index contributed by atoms with van der Waals surface area (Å²) in [7, 11) is 0. The molecule has 1 aliphatic carbocycles. The molecule has 0 aromatic carbocycles. The first-order valence-corrected chi connectivity index (χ1v) is 9.67. The number of fused-ring (bicyclic) bond motifs is 2. The van der Waals surface area contributed by atoms with Gasteiger partial charge in [-0.15, -0.1) is 0 Å². The smallest absolute Gasteiger partial charge is 0.310 e. The summed E-state index contributed by atoms with van der Waals surface area (Å²) in [5.74, 6) is -0.166. The van der Waals surface area contributed by atoms with Crippen LogP contribution in [0, 0.1) is 29.6 Å². The first-order valence-electron chi connectivity index (χ1n) is 9.67. The number of rotatable bonds is 2. The van der Waals surface area contributed by atoms with Crippen LogP contribution in [-0.4, -0.2) is 29.9 Å². The molecule has 1 spiro atoms. The molecular weight excluding hydrogens is 324 g/mol. The molecule has 8 atom stereocenters. The predicted molar refractivity (Wildman–Crippen MR) is 87.8 cm³/mol. The third kappa shape index (κ3) is 2.56. The van der Waals surface area contributed by atoms with Gasteiger partial charge in [-0.05, 0) is 38.0 Å². The Labute approximate surface area is 149 Å². The molecule has 2 bridgehead atoms. The molecule has 0 radical (unpaired) electrons. The Bertz CT molecular complexity index is 550. The minimum absolute atomic E-state index is 0.0311. The molecule has 142 valence electrons. The van der Waals surface area contributed by atoms with Crippen molar-refractivity contribution in [2.24, 2.45) is 29.6 Å². The SMILES string of the molecule is CC(C)C(=O)OC1OC2O[C@@]3(C)CC[C@H]4[C@H](C)CCC([C@H]1C)[C@@]24OO3. The number of esters is 1. The van der Waals surface area contributed by atoms with Gasteiger partial charge in [0.15, 0.2) is 11.9 Å². The van der Waals surface area contributed by atoms with E-state index in [9.17, 15) is 4.79 Å². The Morgan fingerprint density at radius 1 is 1.12 bits per heavy atom. The van der Waals surface area contributed by atoms with E-state index in [0.717, 1.165) is 25.7 Å². The van der Waals surface area contributed by atoms with Crippen molar-refractivity contribution in [1.29, 1.82) is 0 Å². The van der Waals surface area contributed by atoms with Gasteiger partial charge in [-0.2, -0.15) is 0 Å². The summed E-state index contributed by atoms with van der Waals surface area (Å²) in [4.78, 5) is 24.0. The van der Waals surface area contributed by atoms with Gasteiger partial charge in [0.2, 0.25) is 12.1 Å². The minimum atomic E-state index is -0.801. The summed E-state index contributed by atoms with van der Waals surface area (Å²) < 4.78 is 18.1. The molecule has 25 heavy (non-hydrogen) atoms. The van der Waals surface area contributed by atoms with Gasteiger partial charge in [-0.1, -0.05) is 27.7 Å². The summed E-state index contributed by atoms with van der Waals surface area (Å²) in [6.07, 6.45) is 2.75. The highest BCUT2D eigenvalue weighted by atomic mass is 17.3. The predicted octanol–water partition coefficient (Wildman–Crippen LogP) is 3.39. The first-order chi connectivity index (χ1) is 11.8. The second kappa shape index (κ2) is 5.91. The van der Waals surface area contributed by atoms with Crippen LogP contribution in [-0.2, 0) is 28.8 Å². The average molecular weight is 354 g/mol. The number of ether oxygens (including phenoxy) is 3. The van der Waals surface area contributed by atoms with E-state index in [2.05, 4.69) is 13.8 Å². The van der Waals surface area contributed by atoms with Crippen LogP contribution in [0.15, 0.2) is 0 Å². The number of carbonyl (C=O) groups is 1. The lowest BCUT2D eigenvalue weighted by Crippen LogP contribution is -2.70. The van der Waals surface area contributed by atoms with Crippen LogP contribution < -0.4 is 0 Å². The van der Waals surface area contributed by atoms with Gasteiger partial charge in [0.1, 0.15) is 0 Å². The van der Waals surface area contributed by atoms with Crippen LogP contribution in [0.2, 0.25) is 0 Å². The first kappa shape index (κ1) is 17.7. The number of hydrogen-bond acceptors (Lipinski definition) is 6. The quantitative estimate of drug-likeness (QED) is 0.559. The van der Waals surface area contributed by atoms with Crippen LogP contribution in [0.3, 0.4) is 0 Å². The van der Waals surface area contributed by atoms with Gasteiger partial charge in [0.25, 0.3) is 0 Å². The van der Waals surface area contributed by atoms with Crippen molar-refractivity contribution >= 4 is 5.97 Å². The molecule has 6 nitrogen and oxygen atoms in total. The van der Waals surface area contributed by atoms with Gasteiger partial charge in [0.05, 0.1) is 5.92 Å². The lowest BCUT2D eigenvalue weighted by molar-refractivity contribution is -0.576. The van der Waals surface area contributed by atoms with E-state index in [1.807, 2.05) is 20.8 Å². The molecule has 5 fully saturated rings. The van der Waals surface area contributed by atoms with Crippen LogP contribution in [0.5, 0.6) is 0 Å². The second-order valence-electron chi connectivity index (χ2n) is 8.87. The molecular formula is C19H30O6. The second-order valence-corrected chi connectivity index (χ2v) is 8.87. The van der Waals surface area contributed by atoms with Crippen LogP contribution in [0.1, 0.15) is 60.3 Å². The van der Waals surface area contributed by atoms with Crippen molar-refractivity contribution in [2.45, 2.75) is 84.3 Å². The highest BCUT2D eigenvalue weighted by Gasteiger charge is 2.69. The Balaban J connectivity index is 1.68. The lowest BCUT2D eigenvalue weighted by Gasteiger charge is -2.59. The van der Waals surface area contributed by atoms with Crippen LogP contribution >= 0.6 is 0 Å². The zero-order valence-corrected chi connectivity index (χ0v) is 15.8. The van der Waals surface area contributed by atoms with E-state index in [0.29, 0.717) is 11.8 Å². The summed E-state index contributed by atoms with van der Waals surface area (Å²) in [5.41, 5.74) is -0.603. The fourth-order valence-electron chi connectivity index (χ4n) is 5.26. The van der Waals surface area contributed by atoms with Gasteiger partial charge < -0.3 is 14.2 Å². The number of carbonyl (C=O) groups excluding carboxylic acids is 1. The third-order valence-corrected chi connectivity index (χ3v) is 6.80. The molecule has 0 aromatic rings. The van der Waals surface area contributed by atoms with E-state index in [-0.39, 0.29) is 23.7 Å². The fraction of sp³-hybridized carbons (Fsp3) is 0.947. The Hall–Kier alpha value is -0.690. The topological polar surface area (TPSA) is 63.2 Å². The van der Waals surface area contributed by atoms with E-state index >= 15 is 0 Å². The monoisotopic (exact) mass is 354 g/mol. The molecule has 4 heterocycles. The Morgan fingerprint density at radius 2 is 1.88 bits per heavy atom. The molecule has 1 saturated carbocycles. The molecule has 0 amide bonds. The largest absolute Gasteiger partial charge is 0.435 e. The Morgan fingerprint density at radius 3 is 2.60 bits per heavy atom. The maximum Gasteiger partial charge on any atom is 0.310 e. The maximum absolute atomic E-state index is 12.1. The Kier molecular flexibility index (Phi) is 4.19. The third-order valence-electron chi connectivity index (χ3n) is 6.80. The number of hydrogen-bond donors (Lipinski definition) is 0. The summed E-state index contributed by atoms with van der Waals surface area (Å²) in [6, 6.07) is 0. The van der Waals surface area contributed by atoms with Crippen LogP contribution in [0.25, 0.3) is 0 Å². The van der Waals surface area contributed by atoms with Crippen molar-refractivity contribution in [3.8, 4) is 0 Å². The fourth-order valence-corrected chi connectivity index (χ4v) is 5.26. The minimum Gasteiger partial charge on any atom is -0.435 e. The average Bonchev–Trinajstić information content (AvgIpc) is 2.78. The van der Waals surface area contributed by atoms with Crippen molar-refractivity contribution in [2.75, 3.05) is 0 Å². The summed E-state index contributed by atoms with van der Waals surface area (Å²) >= 11 is 0. The molecule has 0 aromatic heterocycles. The highest BCUT2D eigenvalue weighted by molar-refractivity contribution is 5.71. The van der Waals surface area contributed by atoms with Crippen molar-refractivity contribution in [3.05, 3.63) is 0 Å². The zero-order chi connectivity index (χ0) is 18.0. The standard InChI is InChI=1S/C19H30O6/c1-10(2)15(20)21-16-12(4)14-7-6-11(3)13-8-9-18(5)23-17(22-16)19(13,14)25-24-18/h10-14,16-17H,6-9H2,1-5H3/t11-,12-,13+,14?,16?,17?,18-,19-/m1/s1. The van der Waals surface area contributed by atoms with E-state index < -0.39 is 24.0 Å². The molecule has 5 aliphatic rings. The van der Waals surface area contributed by atoms with E-state index in [1.54, 1.807) is 0 Å². The summed E-state index contributed by atoms with van der Waals surface area (Å²) in [6.45, 7) is 9.93. The molecule has 4 aliphatic heterocycles. The zero-order valence-electron chi connectivity index (χ0n) is 15.8. The molecule has 0 N–H and O–H groups in total. The molecule has 6 heteroatoms. The van der Waals surface area contributed by atoms with Gasteiger partial charge in [-0.25, -0.2) is 9.78 Å².